The number of hydrogen-bond donors (Lipinski definition) is 1. The standard InChI is InChI=1S/C25H27ClN4O3S/c1-4-5-13-34-25-28-24-27-16(2)21(23(31)32-3)22(30(24)29-25)17-10-8-11-19(14-17)33-15-18-9-6-7-12-20(18)26/h6-12,14,22H,4-5,13,15H2,1-3H3,(H,27,28,29). The normalized spacial score (nSPS) is 15.0. The van der Waals surface area contributed by atoms with E-state index in [1.807, 2.05) is 55.5 Å². The molecule has 0 spiro atoms. The van der Waals surface area contributed by atoms with Gasteiger partial charge >= 0.3 is 5.97 Å². The summed E-state index contributed by atoms with van der Waals surface area (Å²) in [5.41, 5.74) is 2.90. The van der Waals surface area contributed by atoms with Crippen LogP contribution in [0.25, 0.3) is 0 Å². The third kappa shape index (κ3) is 5.23. The number of esters is 1. The van der Waals surface area contributed by atoms with Crippen molar-refractivity contribution in [1.82, 2.24) is 14.8 Å². The van der Waals surface area contributed by atoms with Crippen molar-refractivity contribution in [3.8, 4) is 5.75 Å². The Hall–Kier alpha value is -2.97. The fraction of sp³-hybridized carbons (Fsp3) is 0.320. The van der Waals surface area contributed by atoms with E-state index in [1.165, 1.54) is 7.11 Å². The molecule has 0 bridgehead atoms. The van der Waals surface area contributed by atoms with Gasteiger partial charge in [0.25, 0.3) is 0 Å². The molecule has 0 radical (unpaired) electrons. The van der Waals surface area contributed by atoms with Crippen LogP contribution in [0.5, 0.6) is 5.75 Å². The van der Waals surface area contributed by atoms with Crippen LogP contribution >= 0.6 is 23.4 Å². The lowest BCUT2D eigenvalue weighted by Crippen LogP contribution is -2.29. The topological polar surface area (TPSA) is 78.3 Å². The number of ether oxygens (including phenoxy) is 2. The van der Waals surface area contributed by atoms with E-state index in [1.54, 1.807) is 16.4 Å². The summed E-state index contributed by atoms with van der Waals surface area (Å²) in [4.78, 5) is 17.4. The van der Waals surface area contributed by atoms with Gasteiger partial charge in [0, 0.05) is 22.0 Å². The molecule has 1 unspecified atom stereocenters. The smallest absolute Gasteiger partial charge is 0.338 e. The zero-order chi connectivity index (χ0) is 24.1. The monoisotopic (exact) mass is 498 g/mol. The fourth-order valence-electron chi connectivity index (χ4n) is 3.73. The lowest BCUT2D eigenvalue weighted by Gasteiger charge is -2.28. The number of carbonyl (C=O) groups excluding carboxylic acids is 1. The summed E-state index contributed by atoms with van der Waals surface area (Å²) in [5.74, 6) is 1.78. The highest BCUT2D eigenvalue weighted by Crippen LogP contribution is 2.37. The van der Waals surface area contributed by atoms with Crippen LogP contribution in [0.4, 0.5) is 5.95 Å². The number of thioether (sulfide) groups is 1. The van der Waals surface area contributed by atoms with E-state index in [9.17, 15) is 4.79 Å². The molecule has 0 saturated carbocycles. The number of anilines is 1. The van der Waals surface area contributed by atoms with E-state index < -0.39 is 12.0 Å². The zero-order valence-electron chi connectivity index (χ0n) is 19.4. The van der Waals surface area contributed by atoms with Gasteiger partial charge in [-0.05, 0) is 37.1 Å². The number of nitrogens with one attached hydrogen (secondary N) is 1. The summed E-state index contributed by atoms with van der Waals surface area (Å²) in [5, 5.41) is 9.26. The predicted octanol–water partition coefficient (Wildman–Crippen LogP) is 5.86. The molecule has 178 valence electrons. The lowest BCUT2D eigenvalue weighted by atomic mass is 9.95. The number of halogens is 1. The average molecular weight is 499 g/mol. The van der Waals surface area contributed by atoms with E-state index in [2.05, 4.69) is 17.2 Å². The van der Waals surface area contributed by atoms with Gasteiger partial charge in [0.05, 0.1) is 12.7 Å². The van der Waals surface area contributed by atoms with Gasteiger partial charge in [-0.15, -0.1) is 5.10 Å². The highest BCUT2D eigenvalue weighted by molar-refractivity contribution is 7.99. The molecule has 2 heterocycles. The van der Waals surface area contributed by atoms with Crippen LogP contribution in [0, 0.1) is 0 Å². The highest BCUT2D eigenvalue weighted by atomic mass is 35.5. The van der Waals surface area contributed by atoms with Crippen molar-refractivity contribution < 1.29 is 14.3 Å². The Kier molecular flexibility index (Phi) is 7.80. The largest absolute Gasteiger partial charge is 0.489 e. The van der Waals surface area contributed by atoms with Gasteiger partial charge in [-0.1, -0.05) is 67.0 Å². The molecule has 1 aromatic heterocycles. The predicted molar refractivity (Wildman–Crippen MR) is 134 cm³/mol. The summed E-state index contributed by atoms with van der Waals surface area (Å²) < 4.78 is 12.9. The first kappa shape index (κ1) is 24.2. The minimum Gasteiger partial charge on any atom is -0.489 e. The van der Waals surface area contributed by atoms with Crippen LogP contribution in [0.15, 0.2) is 65.0 Å². The second-order valence-corrected chi connectivity index (χ2v) is 9.34. The Morgan fingerprint density at radius 3 is 2.82 bits per heavy atom. The maximum atomic E-state index is 12.8. The Bertz CT molecular complexity index is 1210. The minimum absolute atomic E-state index is 0.334. The molecule has 4 rings (SSSR count). The van der Waals surface area contributed by atoms with Crippen molar-refractivity contribution >= 4 is 35.3 Å². The van der Waals surface area contributed by atoms with Gasteiger partial charge in [-0.25, -0.2) is 9.48 Å². The van der Waals surface area contributed by atoms with Gasteiger partial charge in [0.2, 0.25) is 11.1 Å². The number of benzene rings is 2. The molecule has 0 aliphatic carbocycles. The molecule has 9 heteroatoms. The SMILES string of the molecule is CCCCSc1nc2n(n1)C(c1cccc(OCc3ccccc3Cl)c1)C(C(=O)OC)=C(C)N2. The zero-order valence-corrected chi connectivity index (χ0v) is 20.9. The summed E-state index contributed by atoms with van der Waals surface area (Å²) in [6, 6.07) is 14.7. The summed E-state index contributed by atoms with van der Waals surface area (Å²) in [6.07, 6.45) is 2.19. The number of aromatic nitrogens is 3. The molecule has 7 nitrogen and oxygen atoms in total. The molecule has 34 heavy (non-hydrogen) atoms. The number of rotatable bonds is 9. The average Bonchev–Trinajstić information content (AvgIpc) is 3.24. The van der Waals surface area contributed by atoms with Crippen molar-refractivity contribution in [2.24, 2.45) is 0 Å². The van der Waals surface area contributed by atoms with Crippen LogP contribution in [0.1, 0.15) is 43.9 Å². The van der Waals surface area contributed by atoms with Crippen molar-refractivity contribution in [3.63, 3.8) is 0 Å². The van der Waals surface area contributed by atoms with Gasteiger partial charge in [-0.3, -0.25) is 0 Å². The number of fused-ring (bicyclic) bond motifs is 1. The first-order valence-electron chi connectivity index (χ1n) is 11.1. The first-order chi connectivity index (χ1) is 16.5. The summed E-state index contributed by atoms with van der Waals surface area (Å²) >= 11 is 7.88. The summed E-state index contributed by atoms with van der Waals surface area (Å²) in [7, 11) is 1.38. The van der Waals surface area contributed by atoms with Gasteiger partial charge in [0.1, 0.15) is 18.4 Å². The Morgan fingerprint density at radius 1 is 1.24 bits per heavy atom. The van der Waals surface area contributed by atoms with E-state index in [-0.39, 0.29) is 0 Å². The Balaban J connectivity index is 1.67. The number of hydrogen-bond acceptors (Lipinski definition) is 7. The Labute approximate surface area is 208 Å². The van der Waals surface area contributed by atoms with E-state index in [0.717, 1.165) is 29.7 Å². The number of unbranched alkanes of at least 4 members (excludes halogenated alkanes) is 1. The molecule has 1 aliphatic heterocycles. The van der Waals surface area contributed by atoms with Crippen molar-refractivity contribution in [2.45, 2.75) is 44.5 Å². The lowest BCUT2D eigenvalue weighted by molar-refractivity contribution is -0.136. The van der Waals surface area contributed by atoms with Crippen LogP contribution in [-0.4, -0.2) is 33.6 Å². The number of allylic oxidation sites excluding steroid dienone is 1. The quantitative estimate of drug-likeness (QED) is 0.225. The molecule has 0 fully saturated rings. The molecular formula is C25H27ClN4O3S. The molecule has 2 aromatic carbocycles. The third-order valence-electron chi connectivity index (χ3n) is 5.49. The molecule has 1 N–H and O–H groups in total. The number of nitrogens with zero attached hydrogens (tertiary/aromatic N) is 3. The highest BCUT2D eigenvalue weighted by Gasteiger charge is 2.35. The van der Waals surface area contributed by atoms with Crippen LogP contribution in [0.3, 0.4) is 0 Å². The van der Waals surface area contributed by atoms with E-state index in [0.29, 0.717) is 39.8 Å². The third-order valence-corrected chi connectivity index (χ3v) is 6.79. The molecule has 1 aliphatic rings. The van der Waals surface area contributed by atoms with Crippen molar-refractivity contribution in [1.29, 1.82) is 0 Å². The number of methoxy groups -OCH3 is 1. The van der Waals surface area contributed by atoms with Crippen molar-refractivity contribution in [2.75, 3.05) is 18.2 Å². The van der Waals surface area contributed by atoms with Gasteiger partial charge in [-0.2, -0.15) is 4.98 Å². The molecule has 0 saturated heterocycles. The second kappa shape index (κ2) is 11.0. The van der Waals surface area contributed by atoms with Crippen LogP contribution in [-0.2, 0) is 16.1 Å². The maximum Gasteiger partial charge on any atom is 0.338 e. The number of carbonyl (C=O) groups is 1. The van der Waals surface area contributed by atoms with Crippen LogP contribution in [0.2, 0.25) is 5.02 Å². The molecule has 1 atom stereocenters. The van der Waals surface area contributed by atoms with E-state index in [4.69, 9.17) is 26.2 Å². The summed E-state index contributed by atoms with van der Waals surface area (Å²) in [6.45, 7) is 4.33. The molecular weight excluding hydrogens is 472 g/mol. The van der Waals surface area contributed by atoms with Gasteiger partial charge < -0.3 is 14.8 Å². The molecule has 0 amide bonds. The van der Waals surface area contributed by atoms with Crippen LogP contribution < -0.4 is 10.1 Å². The first-order valence-corrected chi connectivity index (χ1v) is 12.5. The molecule has 3 aromatic rings. The minimum atomic E-state index is -0.499. The van der Waals surface area contributed by atoms with Crippen molar-refractivity contribution in [3.05, 3.63) is 76.0 Å². The fourth-order valence-corrected chi connectivity index (χ4v) is 4.84. The maximum absolute atomic E-state index is 12.8. The van der Waals surface area contributed by atoms with Gasteiger partial charge in [0.15, 0.2) is 0 Å². The second-order valence-electron chi connectivity index (χ2n) is 7.87. The van der Waals surface area contributed by atoms with E-state index >= 15 is 0 Å². The Morgan fingerprint density at radius 2 is 2.06 bits per heavy atom.